The van der Waals surface area contributed by atoms with Gasteiger partial charge in [-0.25, -0.2) is 4.99 Å². The fraction of sp³-hybridized carbons (Fsp3) is 0.278. The number of guanidine groups is 1. The summed E-state index contributed by atoms with van der Waals surface area (Å²) < 4.78 is 0. The van der Waals surface area contributed by atoms with Crippen LogP contribution in [0.1, 0.15) is 18.4 Å². The summed E-state index contributed by atoms with van der Waals surface area (Å²) in [4.78, 5) is 7.13. The van der Waals surface area contributed by atoms with Gasteiger partial charge in [-0.1, -0.05) is 30.3 Å². The molecule has 3 rings (SSSR count). The number of rotatable bonds is 2. The number of hydrogen-bond acceptors (Lipinski definition) is 1. The lowest BCUT2D eigenvalue weighted by Crippen LogP contribution is -2.33. The van der Waals surface area contributed by atoms with E-state index >= 15 is 0 Å². The molecule has 0 atom stereocenters. The Morgan fingerprint density at radius 2 is 1.76 bits per heavy atom. The molecule has 1 aliphatic rings. The number of nitrogens with zero attached hydrogens (tertiary/aromatic N) is 2. The number of aliphatic imine (C=N–C) groups is 1. The number of hydrogen-bond donors (Lipinski definition) is 1. The third kappa shape index (κ3) is 3.63. The molecule has 1 N–H and O–H groups in total. The van der Waals surface area contributed by atoms with Gasteiger partial charge in [0.1, 0.15) is 0 Å². The summed E-state index contributed by atoms with van der Waals surface area (Å²) in [6.07, 6.45) is 2.48. The predicted octanol–water partition coefficient (Wildman–Crippen LogP) is 4.19. The van der Waals surface area contributed by atoms with Gasteiger partial charge < -0.3 is 10.2 Å². The van der Waals surface area contributed by atoms with Crippen LogP contribution in [0.4, 0.5) is 11.4 Å². The zero-order chi connectivity index (χ0) is 14.5. The van der Waals surface area contributed by atoms with Crippen molar-refractivity contribution in [2.45, 2.75) is 19.8 Å². The number of para-hydroxylation sites is 1. The minimum Gasteiger partial charge on any atom is -0.342 e. The van der Waals surface area contributed by atoms with Crippen LogP contribution in [0.2, 0.25) is 0 Å². The number of anilines is 1. The van der Waals surface area contributed by atoms with E-state index in [1.165, 1.54) is 18.4 Å². The maximum atomic E-state index is 4.80. The smallest absolute Gasteiger partial charge is 0.203 e. The van der Waals surface area contributed by atoms with Gasteiger partial charge in [0.25, 0.3) is 0 Å². The second kappa shape index (κ2) is 6.44. The van der Waals surface area contributed by atoms with Crippen molar-refractivity contribution in [3.63, 3.8) is 0 Å². The van der Waals surface area contributed by atoms with Crippen LogP contribution in [0.3, 0.4) is 0 Å². The summed E-state index contributed by atoms with van der Waals surface area (Å²) in [5.41, 5.74) is 3.33. The predicted molar refractivity (Wildman–Crippen MR) is 89.1 cm³/mol. The van der Waals surface area contributed by atoms with Crippen molar-refractivity contribution >= 4 is 17.3 Å². The van der Waals surface area contributed by atoms with Crippen LogP contribution in [0.25, 0.3) is 0 Å². The molecule has 3 heteroatoms. The first-order valence-electron chi connectivity index (χ1n) is 7.54. The van der Waals surface area contributed by atoms with E-state index in [9.17, 15) is 0 Å². The Kier molecular flexibility index (Phi) is 4.20. The Bertz CT molecular complexity index is 613. The summed E-state index contributed by atoms with van der Waals surface area (Å²) in [7, 11) is 0. The molecule has 21 heavy (non-hydrogen) atoms. The number of likely N-dealkylation sites (tertiary alicyclic amines) is 1. The van der Waals surface area contributed by atoms with Crippen molar-refractivity contribution < 1.29 is 0 Å². The molecule has 0 aliphatic carbocycles. The van der Waals surface area contributed by atoms with Crippen molar-refractivity contribution in [2.24, 2.45) is 4.99 Å². The fourth-order valence-electron chi connectivity index (χ4n) is 2.58. The van der Waals surface area contributed by atoms with E-state index in [1.807, 2.05) is 30.3 Å². The Hall–Kier alpha value is -2.29. The van der Waals surface area contributed by atoms with E-state index in [0.29, 0.717) is 0 Å². The number of nitrogens with one attached hydrogen (secondary N) is 1. The molecule has 0 bridgehead atoms. The van der Waals surface area contributed by atoms with Crippen molar-refractivity contribution in [3.05, 3.63) is 60.2 Å². The molecule has 2 aromatic carbocycles. The second-order valence-electron chi connectivity index (χ2n) is 5.46. The summed E-state index contributed by atoms with van der Waals surface area (Å²) in [6, 6.07) is 18.5. The molecular formula is C18H21N3. The third-order valence-electron chi connectivity index (χ3n) is 3.67. The summed E-state index contributed by atoms with van der Waals surface area (Å²) >= 11 is 0. The lowest BCUT2D eigenvalue weighted by molar-refractivity contribution is 0.518. The monoisotopic (exact) mass is 279 g/mol. The first-order valence-corrected chi connectivity index (χ1v) is 7.54. The zero-order valence-electron chi connectivity index (χ0n) is 12.4. The molecule has 0 amide bonds. The minimum absolute atomic E-state index is 0.948. The molecule has 3 nitrogen and oxygen atoms in total. The van der Waals surface area contributed by atoms with Gasteiger partial charge in [-0.3, -0.25) is 0 Å². The minimum atomic E-state index is 0.948. The molecule has 0 unspecified atom stereocenters. The summed E-state index contributed by atoms with van der Waals surface area (Å²) in [5.74, 6) is 0.948. The second-order valence-corrected chi connectivity index (χ2v) is 5.46. The quantitative estimate of drug-likeness (QED) is 0.659. The highest BCUT2D eigenvalue weighted by Gasteiger charge is 2.16. The highest BCUT2D eigenvalue weighted by molar-refractivity contribution is 5.95. The van der Waals surface area contributed by atoms with Gasteiger partial charge in [0.15, 0.2) is 0 Å². The Morgan fingerprint density at radius 1 is 1.00 bits per heavy atom. The molecule has 2 aromatic rings. The van der Waals surface area contributed by atoms with Crippen LogP contribution >= 0.6 is 0 Å². The van der Waals surface area contributed by atoms with Gasteiger partial charge in [0, 0.05) is 18.8 Å². The Labute approximate surface area is 126 Å². The third-order valence-corrected chi connectivity index (χ3v) is 3.67. The Morgan fingerprint density at radius 3 is 2.48 bits per heavy atom. The molecule has 0 radical (unpaired) electrons. The van der Waals surface area contributed by atoms with E-state index in [-0.39, 0.29) is 0 Å². The average Bonchev–Trinajstić information content (AvgIpc) is 3.02. The van der Waals surface area contributed by atoms with E-state index < -0.39 is 0 Å². The van der Waals surface area contributed by atoms with E-state index in [1.54, 1.807) is 0 Å². The Balaban J connectivity index is 1.87. The SMILES string of the molecule is Cc1cccc(NC(=Nc2ccccc2)N2CCCC2)c1. The first-order chi connectivity index (χ1) is 10.3. The molecule has 0 aromatic heterocycles. The fourth-order valence-corrected chi connectivity index (χ4v) is 2.58. The molecule has 108 valence electrons. The topological polar surface area (TPSA) is 27.6 Å². The first kappa shape index (κ1) is 13.7. The molecule has 0 spiro atoms. The van der Waals surface area contributed by atoms with Crippen LogP contribution in [-0.2, 0) is 0 Å². The summed E-state index contributed by atoms with van der Waals surface area (Å²) in [5, 5.41) is 3.49. The molecule has 1 saturated heterocycles. The van der Waals surface area contributed by atoms with Crippen molar-refractivity contribution in [1.82, 2.24) is 4.90 Å². The largest absolute Gasteiger partial charge is 0.342 e. The van der Waals surface area contributed by atoms with Gasteiger partial charge in [-0.2, -0.15) is 0 Å². The highest BCUT2D eigenvalue weighted by Crippen LogP contribution is 2.17. The molecule has 1 aliphatic heterocycles. The van der Waals surface area contributed by atoms with Crippen LogP contribution in [-0.4, -0.2) is 23.9 Å². The normalized spacial score (nSPS) is 15.3. The summed E-state index contributed by atoms with van der Waals surface area (Å²) in [6.45, 7) is 4.25. The molecule has 0 saturated carbocycles. The lowest BCUT2D eigenvalue weighted by atomic mass is 10.2. The van der Waals surface area contributed by atoms with Gasteiger partial charge in [0.05, 0.1) is 5.69 Å². The van der Waals surface area contributed by atoms with Gasteiger partial charge in [-0.05, 0) is 49.6 Å². The zero-order valence-corrected chi connectivity index (χ0v) is 12.4. The van der Waals surface area contributed by atoms with Crippen molar-refractivity contribution in [1.29, 1.82) is 0 Å². The molecule has 1 heterocycles. The standard InChI is InChI=1S/C18H21N3/c1-15-8-7-11-17(14-15)20-18(21-12-5-6-13-21)19-16-9-3-2-4-10-16/h2-4,7-11,14H,5-6,12-13H2,1H3,(H,19,20). The molecule has 1 fully saturated rings. The highest BCUT2D eigenvalue weighted by atomic mass is 15.3. The maximum absolute atomic E-state index is 4.80. The number of aryl methyl sites for hydroxylation is 1. The van der Waals surface area contributed by atoms with E-state index in [0.717, 1.165) is 30.4 Å². The van der Waals surface area contributed by atoms with Crippen LogP contribution in [0.15, 0.2) is 59.6 Å². The van der Waals surface area contributed by atoms with Crippen LogP contribution in [0, 0.1) is 6.92 Å². The lowest BCUT2D eigenvalue weighted by Gasteiger charge is -2.21. The van der Waals surface area contributed by atoms with Crippen molar-refractivity contribution in [3.8, 4) is 0 Å². The van der Waals surface area contributed by atoms with Gasteiger partial charge in [-0.15, -0.1) is 0 Å². The van der Waals surface area contributed by atoms with Gasteiger partial charge in [0.2, 0.25) is 5.96 Å². The van der Waals surface area contributed by atoms with E-state index in [2.05, 4.69) is 41.4 Å². The average molecular weight is 279 g/mol. The maximum Gasteiger partial charge on any atom is 0.203 e. The van der Waals surface area contributed by atoms with Crippen LogP contribution in [0.5, 0.6) is 0 Å². The van der Waals surface area contributed by atoms with Crippen LogP contribution < -0.4 is 5.32 Å². The van der Waals surface area contributed by atoms with Gasteiger partial charge >= 0.3 is 0 Å². The number of benzene rings is 2. The van der Waals surface area contributed by atoms with E-state index in [4.69, 9.17) is 4.99 Å². The molecular weight excluding hydrogens is 258 g/mol. The van der Waals surface area contributed by atoms with Crippen molar-refractivity contribution in [2.75, 3.05) is 18.4 Å².